The Bertz CT molecular complexity index is 1250. The van der Waals surface area contributed by atoms with Crippen LogP contribution in [0, 0.1) is 6.92 Å². The van der Waals surface area contributed by atoms with Crippen LogP contribution in [0.25, 0.3) is 16.7 Å². The quantitative estimate of drug-likeness (QED) is 0.511. The van der Waals surface area contributed by atoms with Gasteiger partial charge in [-0.25, -0.2) is 17.9 Å². The third-order valence-corrected chi connectivity index (χ3v) is 5.38. The van der Waals surface area contributed by atoms with Crippen LogP contribution in [0.15, 0.2) is 64.5 Å². The van der Waals surface area contributed by atoms with Gasteiger partial charge >= 0.3 is 5.69 Å². The van der Waals surface area contributed by atoms with E-state index in [2.05, 4.69) is 19.8 Å². The first-order valence-electron chi connectivity index (χ1n) is 7.78. The third kappa shape index (κ3) is 2.88. The fraction of sp³-hybridized carbons (Fsp3) is 0.0588. The maximum atomic E-state index is 12.7. The highest BCUT2D eigenvalue weighted by Crippen LogP contribution is 2.23. The molecule has 26 heavy (non-hydrogen) atoms. The van der Waals surface area contributed by atoms with Crippen LogP contribution in [0.3, 0.4) is 0 Å². The molecule has 0 aliphatic rings. The normalized spacial score (nSPS) is 11.7. The standard InChI is InChI=1S/C17H15N5O3S/c1-11-9-12(22-8-2-7-18-22)3-5-14(11)21-26(24,25)13-4-6-15-16(10-13)20-17(23)19-15/h2-10,21H,1H3,(H2,19,20,23). The van der Waals surface area contributed by atoms with Gasteiger partial charge in [0.1, 0.15) is 0 Å². The van der Waals surface area contributed by atoms with Crippen LogP contribution < -0.4 is 10.4 Å². The Hall–Kier alpha value is -3.33. The van der Waals surface area contributed by atoms with Gasteiger partial charge in [-0.2, -0.15) is 5.10 Å². The number of aromatic amines is 2. The Morgan fingerprint density at radius 1 is 1.08 bits per heavy atom. The first kappa shape index (κ1) is 16.2. The molecule has 0 spiro atoms. The van der Waals surface area contributed by atoms with Crippen molar-refractivity contribution in [1.29, 1.82) is 0 Å². The molecule has 9 heteroatoms. The van der Waals surface area contributed by atoms with Gasteiger partial charge in [0, 0.05) is 12.4 Å². The SMILES string of the molecule is Cc1cc(-n2cccn2)ccc1NS(=O)(=O)c1ccc2[nH]c(=O)[nH]c2c1. The van der Waals surface area contributed by atoms with Gasteiger partial charge in [0.2, 0.25) is 0 Å². The molecule has 0 unspecified atom stereocenters. The van der Waals surface area contributed by atoms with Crippen molar-refractivity contribution in [3.8, 4) is 5.69 Å². The van der Waals surface area contributed by atoms with Gasteiger partial charge in [-0.1, -0.05) is 0 Å². The smallest absolute Gasteiger partial charge is 0.306 e. The Morgan fingerprint density at radius 3 is 2.62 bits per heavy atom. The summed E-state index contributed by atoms with van der Waals surface area (Å²) in [7, 11) is -3.79. The molecular weight excluding hydrogens is 354 g/mol. The van der Waals surface area contributed by atoms with E-state index >= 15 is 0 Å². The summed E-state index contributed by atoms with van der Waals surface area (Å²) >= 11 is 0. The minimum Gasteiger partial charge on any atom is -0.306 e. The fourth-order valence-corrected chi connectivity index (χ4v) is 3.87. The molecule has 0 aliphatic carbocycles. The number of sulfonamides is 1. The number of hydrogen-bond donors (Lipinski definition) is 3. The van der Waals surface area contributed by atoms with Gasteiger partial charge in [-0.05, 0) is 55.0 Å². The summed E-state index contributed by atoms with van der Waals surface area (Å²) in [6.07, 6.45) is 3.49. The number of fused-ring (bicyclic) bond motifs is 1. The fourth-order valence-electron chi connectivity index (χ4n) is 2.71. The van der Waals surface area contributed by atoms with E-state index in [4.69, 9.17) is 0 Å². The van der Waals surface area contributed by atoms with E-state index in [1.165, 1.54) is 12.1 Å². The van der Waals surface area contributed by atoms with Crippen molar-refractivity contribution < 1.29 is 8.42 Å². The molecule has 0 amide bonds. The highest BCUT2D eigenvalue weighted by molar-refractivity contribution is 7.92. The van der Waals surface area contributed by atoms with Crippen molar-refractivity contribution in [2.24, 2.45) is 0 Å². The lowest BCUT2D eigenvalue weighted by Gasteiger charge is -2.12. The summed E-state index contributed by atoms with van der Waals surface area (Å²) in [6.45, 7) is 1.82. The molecule has 0 radical (unpaired) electrons. The maximum absolute atomic E-state index is 12.7. The first-order valence-corrected chi connectivity index (χ1v) is 9.26. The summed E-state index contributed by atoms with van der Waals surface area (Å²) in [5.74, 6) is 0. The van der Waals surface area contributed by atoms with Crippen LogP contribution in [0.4, 0.5) is 5.69 Å². The lowest BCUT2D eigenvalue weighted by molar-refractivity contribution is 0.601. The summed E-state index contributed by atoms with van der Waals surface area (Å²) in [6, 6.07) is 11.6. The molecule has 8 nitrogen and oxygen atoms in total. The molecule has 0 atom stereocenters. The molecule has 0 bridgehead atoms. The first-order chi connectivity index (χ1) is 12.4. The molecule has 3 N–H and O–H groups in total. The molecule has 132 valence electrons. The zero-order valence-corrected chi connectivity index (χ0v) is 14.5. The van der Waals surface area contributed by atoms with Crippen molar-refractivity contribution in [2.45, 2.75) is 11.8 Å². The molecular formula is C17H15N5O3S. The summed E-state index contributed by atoms with van der Waals surface area (Å²) in [5, 5.41) is 4.16. The number of benzene rings is 2. The molecule has 0 aliphatic heterocycles. The number of nitrogens with zero attached hydrogens (tertiary/aromatic N) is 2. The van der Waals surface area contributed by atoms with E-state index in [9.17, 15) is 13.2 Å². The van der Waals surface area contributed by atoms with Gasteiger partial charge in [0.05, 0.1) is 27.3 Å². The van der Waals surface area contributed by atoms with Gasteiger partial charge in [0.15, 0.2) is 0 Å². The Labute approximate surface area is 148 Å². The number of imidazole rings is 1. The predicted molar refractivity (Wildman–Crippen MR) is 98.0 cm³/mol. The highest BCUT2D eigenvalue weighted by atomic mass is 32.2. The van der Waals surface area contributed by atoms with Crippen LogP contribution in [-0.4, -0.2) is 28.2 Å². The van der Waals surface area contributed by atoms with Crippen molar-refractivity contribution in [1.82, 2.24) is 19.7 Å². The van der Waals surface area contributed by atoms with Crippen LogP contribution in [0.5, 0.6) is 0 Å². The number of rotatable bonds is 4. The van der Waals surface area contributed by atoms with Crippen molar-refractivity contribution >= 4 is 26.7 Å². The minimum atomic E-state index is -3.79. The lowest BCUT2D eigenvalue weighted by Crippen LogP contribution is -2.14. The third-order valence-electron chi connectivity index (χ3n) is 4.02. The zero-order valence-electron chi connectivity index (χ0n) is 13.7. The van der Waals surface area contributed by atoms with Crippen LogP contribution in [0.1, 0.15) is 5.56 Å². The summed E-state index contributed by atoms with van der Waals surface area (Å²) < 4.78 is 29.7. The Kier molecular flexibility index (Phi) is 3.66. The van der Waals surface area contributed by atoms with Crippen LogP contribution >= 0.6 is 0 Å². The van der Waals surface area contributed by atoms with Crippen molar-refractivity contribution in [3.05, 3.63) is 70.9 Å². The highest BCUT2D eigenvalue weighted by Gasteiger charge is 2.17. The molecule has 0 fully saturated rings. The molecule has 2 aromatic heterocycles. The molecule has 0 saturated carbocycles. The van der Waals surface area contributed by atoms with Crippen LogP contribution in [0.2, 0.25) is 0 Å². The van der Waals surface area contributed by atoms with E-state index in [0.717, 1.165) is 11.3 Å². The van der Waals surface area contributed by atoms with E-state index in [1.54, 1.807) is 29.1 Å². The van der Waals surface area contributed by atoms with Gasteiger partial charge < -0.3 is 9.97 Å². The maximum Gasteiger partial charge on any atom is 0.323 e. The second-order valence-corrected chi connectivity index (χ2v) is 7.52. The van der Waals surface area contributed by atoms with Crippen molar-refractivity contribution in [3.63, 3.8) is 0 Å². The van der Waals surface area contributed by atoms with E-state index in [-0.39, 0.29) is 10.6 Å². The molecule has 2 heterocycles. The number of nitrogens with one attached hydrogen (secondary N) is 3. The average molecular weight is 369 g/mol. The Balaban J connectivity index is 1.67. The van der Waals surface area contributed by atoms with E-state index in [1.807, 2.05) is 25.3 Å². The van der Waals surface area contributed by atoms with E-state index < -0.39 is 10.0 Å². The van der Waals surface area contributed by atoms with Crippen molar-refractivity contribution in [2.75, 3.05) is 4.72 Å². The monoisotopic (exact) mass is 369 g/mol. The Morgan fingerprint density at radius 2 is 1.88 bits per heavy atom. The number of hydrogen-bond acceptors (Lipinski definition) is 4. The second kappa shape index (κ2) is 5.88. The second-order valence-electron chi connectivity index (χ2n) is 5.84. The lowest BCUT2D eigenvalue weighted by atomic mass is 10.2. The number of aryl methyl sites for hydroxylation is 1. The number of H-pyrrole nitrogens is 2. The molecule has 4 aromatic rings. The summed E-state index contributed by atoms with van der Waals surface area (Å²) in [4.78, 5) is 16.5. The molecule has 4 rings (SSSR count). The molecule has 2 aromatic carbocycles. The minimum absolute atomic E-state index is 0.0656. The molecule has 0 saturated heterocycles. The van der Waals surface area contributed by atoms with Crippen LogP contribution in [-0.2, 0) is 10.0 Å². The number of anilines is 1. The average Bonchev–Trinajstić information content (AvgIpc) is 3.24. The van der Waals surface area contributed by atoms with Gasteiger partial charge in [0.25, 0.3) is 10.0 Å². The van der Waals surface area contributed by atoms with Gasteiger partial charge in [-0.15, -0.1) is 0 Å². The van der Waals surface area contributed by atoms with Gasteiger partial charge in [-0.3, -0.25) is 4.72 Å². The predicted octanol–water partition coefficient (Wildman–Crippen LogP) is 2.15. The summed E-state index contributed by atoms with van der Waals surface area (Å²) in [5.41, 5.74) is 2.67. The topological polar surface area (TPSA) is 113 Å². The number of aromatic nitrogens is 4. The largest absolute Gasteiger partial charge is 0.323 e. The zero-order chi connectivity index (χ0) is 18.3. The van der Waals surface area contributed by atoms with E-state index in [0.29, 0.717) is 16.7 Å².